The van der Waals surface area contributed by atoms with Gasteiger partial charge in [0.2, 0.25) is 0 Å². The van der Waals surface area contributed by atoms with E-state index in [1.54, 1.807) is 0 Å². The number of rotatable bonds is 0. The topological polar surface area (TPSA) is 21.3 Å². The van der Waals surface area contributed by atoms with Crippen molar-refractivity contribution in [1.29, 1.82) is 0 Å². The maximum atomic E-state index is 5.44. The van der Waals surface area contributed by atoms with Crippen LogP contribution >= 0.6 is 0 Å². The predicted molar refractivity (Wildman–Crippen MR) is 61.1 cm³/mol. The van der Waals surface area contributed by atoms with Crippen LogP contribution in [-0.2, 0) is 0 Å². The Labute approximate surface area is 86.3 Å². The minimum absolute atomic E-state index is 0.774. The number of hydrogen-bond donors (Lipinski definition) is 1. The summed E-state index contributed by atoms with van der Waals surface area (Å²) in [4.78, 5) is 0. The first-order valence-corrected chi connectivity index (χ1v) is 5.25. The van der Waals surface area contributed by atoms with Gasteiger partial charge in [-0.05, 0) is 18.6 Å². The summed E-state index contributed by atoms with van der Waals surface area (Å²) in [5.41, 5.74) is 2.40. The van der Waals surface area contributed by atoms with Crippen molar-refractivity contribution in [2.24, 2.45) is 0 Å². The molecule has 0 spiro atoms. The normalized spacial score (nSPS) is 12.8. The summed E-state index contributed by atoms with van der Waals surface area (Å²) in [5, 5.41) is 3.31. The van der Waals surface area contributed by atoms with E-state index in [1.165, 1.54) is 12.0 Å². The summed E-state index contributed by atoms with van der Waals surface area (Å²) in [6.45, 7) is 8.02. The minimum atomic E-state index is 0.774. The molecule has 0 unspecified atom stereocenters. The van der Waals surface area contributed by atoms with Crippen LogP contribution in [0, 0.1) is 6.92 Å². The fourth-order valence-corrected chi connectivity index (χ4v) is 1.32. The Morgan fingerprint density at radius 3 is 2.71 bits per heavy atom. The summed E-state index contributed by atoms with van der Waals surface area (Å²) >= 11 is 0. The Kier molecular flexibility index (Phi) is 4.30. The van der Waals surface area contributed by atoms with Gasteiger partial charge in [0.15, 0.2) is 0 Å². The second-order valence-corrected chi connectivity index (χ2v) is 3.43. The number of ether oxygens (including phenoxy) is 1. The Morgan fingerprint density at radius 2 is 2.07 bits per heavy atom. The maximum Gasteiger partial charge on any atom is 0.142 e. The third kappa shape index (κ3) is 2.66. The van der Waals surface area contributed by atoms with Crippen LogP contribution in [0.3, 0.4) is 0 Å². The van der Waals surface area contributed by atoms with Crippen molar-refractivity contribution < 1.29 is 4.74 Å². The van der Waals surface area contributed by atoms with Crippen LogP contribution in [0.4, 0.5) is 5.69 Å². The first-order chi connectivity index (χ1) is 6.79. The van der Waals surface area contributed by atoms with E-state index in [0.717, 1.165) is 24.6 Å². The zero-order valence-electron chi connectivity index (χ0n) is 9.26. The van der Waals surface area contributed by atoms with Crippen LogP contribution in [0.2, 0.25) is 0 Å². The summed E-state index contributed by atoms with van der Waals surface area (Å²) in [5.74, 6) is 0.983. The quantitative estimate of drug-likeness (QED) is 0.683. The van der Waals surface area contributed by atoms with Gasteiger partial charge < -0.3 is 10.1 Å². The van der Waals surface area contributed by atoms with Crippen molar-refractivity contribution in [3.05, 3.63) is 23.8 Å². The summed E-state index contributed by atoms with van der Waals surface area (Å²) < 4.78 is 5.44. The monoisotopic (exact) mass is 193 g/mol. The Hall–Kier alpha value is -1.18. The standard InChI is InChI=1S/C9H11NO.C3H8/c1-7-3-2-4-8-9(7)10-5-6-11-8;1-3-2/h2-4,10H,5-6H2,1H3;3H2,1-2H3. The molecule has 2 heteroatoms. The number of benzene rings is 1. The van der Waals surface area contributed by atoms with Crippen molar-refractivity contribution in [1.82, 2.24) is 0 Å². The average Bonchev–Trinajstić information content (AvgIpc) is 2.20. The lowest BCUT2D eigenvalue weighted by Gasteiger charge is -2.20. The molecule has 0 radical (unpaired) electrons. The van der Waals surface area contributed by atoms with E-state index in [1.807, 2.05) is 12.1 Å². The van der Waals surface area contributed by atoms with Gasteiger partial charge in [0.05, 0.1) is 5.69 Å². The first kappa shape index (κ1) is 10.9. The zero-order chi connectivity index (χ0) is 10.4. The lowest BCUT2D eigenvalue weighted by atomic mass is 10.1. The summed E-state index contributed by atoms with van der Waals surface area (Å²) in [6.07, 6.45) is 1.25. The zero-order valence-corrected chi connectivity index (χ0v) is 9.26. The SMILES string of the molecule is CCC.Cc1cccc2c1NCCO2. The molecule has 0 saturated heterocycles. The third-order valence-corrected chi connectivity index (χ3v) is 1.90. The van der Waals surface area contributed by atoms with E-state index in [9.17, 15) is 0 Å². The molecule has 0 aromatic heterocycles. The van der Waals surface area contributed by atoms with Gasteiger partial charge in [0, 0.05) is 6.54 Å². The molecule has 0 amide bonds. The smallest absolute Gasteiger partial charge is 0.142 e. The van der Waals surface area contributed by atoms with Gasteiger partial charge >= 0.3 is 0 Å². The Balaban J connectivity index is 0.000000293. The van der Waals surface area contributed by atoms with Crippen molar-refractivity contribution in [2.45, 2.75) is 27.2 Å². The van der Waals surface area contributed by atoms with Crippen LogP contribution in [-0.4, -0.2) is 13.2 Å². The third-order valence-electron chi connectivity index (χ3n) is 1.90. The molecule has 0 bridgehead atoms. The van der Waals surface area contributed by atoms with Crippen molar-refractivity contribution in [2.75, 3.05) is 18.5 Å². The molecule has 2 nitrogen and oxygen atoms in total. The predicted octanol–water partition coefficient (Wildman–Crippen LogP) is 3.22. The molecule has 1 aromatic rings. The van der Waals surface area contributed by atoms with Crippen LogP contribution in [0.1, 0.15) is 25.8 Å². The van der Waals surface area contributed by atoms with Crippen molar-refractivity contribution in [3.8, 4) is 5.75 Å². The lowest BCUT2D eigenvalue weighted by Crippen LogP contribution is -2.18. The highest BCUT2D eigenvalue weighted by molar-refractivity contribution is 5.62. The average molecular weight is 193 g/mol. The molecular formula is C12H19NO. The summed E-state index contributed by atoms with van der Waals surface area (Å²) in [6, 6.07) is 6.09. The Bertz CT molecular complexity index is 284. The molecular weight excluding hydrogens is 174 g/mol. The second-order valence-electron chi connectivity index (χ2n) is 3.43. The number of fused-ring (bicyclic) bond motifs is 1. The molecule has 2 rings (SSSR count). The van der Waals surface area contributed by atoms with Crippen LogP contribution < -0.4 is 10.1 Å². The van der Waals surface area contributed by atoms with Crippen LogP contribution in [0.5, 0.6) is 5.75 Å². The largest absolute Gasteiger partial charge is 0.490 e. The molecule has 1 aliphatic rings. The van der Waals surface area contributed by atoms with Crippen LogP contribution in [0.25, 0.3) is 0 Å². The molecule has 1 heterocycles. The summed E-state index contributed by atoms with van der Waals surface area (Å²) in [7, 11) is 0. The van der Waals surface area contributed by atoms with E-state index < -0.39 is 0 Å². The molecule has 1 aliphatic heterocycles. The number of para-hydroxylation sites is 1. The fraction of sp³-hybridized carbons (Fsp3) is 0.500. The molecule has 1 aromatic carbocycles. The molecule has 0 atom stereocenters. The number of aryl methyl sites for hydroxylation is 1. The van der Waals surface area contributed by atoms with E-state index in [2.05, 4.69) is 32.2 Å². The highest BCUT2D eigenvalue weighted by Crippen LogP contribution is 2.29. The number of anilines is 1. The lowest BCUT2D eigenvalue weighted by molar-refractivity contribution is 0.323. The Morgan fingerprint density at radius 1 is 1.36 bits per heavy atom. The van der Waals surface area contributed by atoms with E-state index >= 15 is 0 Å². The second kappa shape index (κ2) is 5.53. The minimum Gasteiger partial charge on any atom is -0.490 e. The maximum absolute atomic E-state index is 5.44. The molecule has 1 N–H and O–H groups in total. The van der Waals surface area contributed by atoms with Gasteiger partial charge in [0.1, 0.15) is 12.4 Å². The van der Waals surface area contributed by atoms with Crippen molar-refractivity contribution >= 4 is 5.69 Å². The first-order valence-electron chi connectivity index (χ1n) is 5.25. The highest BCUT2D eigenvalue weighted by atomic mass is 16.5. The molecule has 14 heavy (non-hydrogen) atoms. The van der Waals surface area contributed by atoms with Gasteiger partial charge in [-0.1, -0.05) is 32.4 Å². The van der Waals surface area contributed by atoms with E-state index in [-0.39, 0.29) is 0 Å². The number of nitrogens with one attached hydrogen (secondary N) is 1. The van der Waals surface area contributed by atoms with E-state index in [4.69, 9.17) is 4.74 Å². The highest BCUT2D eigenvalue weighted by Gasteiger charge is 2.09. The van der Waals surface area contributed by atoms with Crippen LogP contribution in [0.15, 0.2) is 18.2 Å². The fourth-order valence-electron chi connectivity index (χ4n) is 1.32. The van der Waals surface area contributed by atoms with Gasteiger partial charge in [0.25, 0.3) is 0 Å². The number of hydrogen-bond acceptors (Lipinski definition) is 2. The molecule has 0 saturated carbocycles. The molecule has 0 fully saturated rings. The van der Waals surface area contributed by atoms with Gasteiger partial charge in [-0.25, -0.2) is 0 Å². The van der Waals surface area contributed by atoms with Gasteiger partial charge in [-0.3, -0.25) is 0 Å². The molecule has 0 aliphatic carbocycles. The molecule has 78 valence electrons. The van der Waals surface area contributed by atoms with Gasteiger partial charge in [-0.2, -0.15) is 0 Å². The van der Waals surface area contributed by atoms with Gasteiger partial charge in [-0.15, -0.1) is 0 Å². The van der Waals surface area contributed by atoms with E-state index in [0.29, 0.717) is 0 Å². The van der Waals surface area contributed by atoms with Crippen molar-refractivity contribution in [3.63, 3.8) is 0 Å².